The van der Waals surface area contributed by atoms with Crippen LogP contribution in [0.3, 0.4) is 0 Å². The van der Waals surface area contributed by atoms with Crippen molar-refractivity contribution in [3.8, 4) is 0 Å². The maximum absolute atomic E-state index is 11.6. The number of urea groups is 1. The first-order chi connectivity index (χ1) is 6.81. The Labute approximate surface area is 85.8 Å². The molecule has 0 aliphatic carbocycles. The van der Waals surface area contributed by atoms with Crippen LogP contribution in [0.15, 0.2) is 0 Å². The molecule has 3 N–H and O–H groups in total. The van der Waals surface area contributed by atoms with Gasteiger partial charge in [0.1, 0.15) is 6.54 Å². The van der Waals surface area contributed by atoms with Gasteiger partial charge in [-0.25, -0.2) is 4.79 Å². The van der Waals surface area contributed by atoms with E-state index in [2.05, 4.69) is 5.32 Å². The molecule has 0 fully saturated rings. The van der Waals surface area contributed by atoms with Gasteiger partial charge in [-0.15, -0.1) is 0 Å². The van der Waals surface area contributed by atoms with E-state index in [4.69, 9.17) is 5.11 Å². The first-order valence-corrected chi connectivity index (χ1v) is 4.58. The van der Waals surface area contributed by atoms with Crippen molar-refractivity contribution in [1.82, 2.24) is 10.6 Å². The lowest BCUT2D eigenvalue weighted by molar-refractivity contribution is -0.122. The molecular weight excluding hydrogens is 213 g/mol. The summed E-state index contributed by atoms with van der Waals surface area (Å²) in [6, 6.07) is -0.849. The Morgan fingerprint density at radius 3 is 2.47 bits per heavy atom. The summed E-state index contributed by atoms with van der Waals surface area (Å²) in [5.41, 5.74) is 0. The molecule has 0 heterocycles. The third-order valence-corrected chi connectivity index (χ3v) is 1.53. The fourth-order valence-corrected chi connectivity index (χ4v) is 0.842. The Kier molecular flexibility index (Phi) is 6.07. The predicted octanol–water partition coefficient (Wildman–Crippen LogP) is 1.01. The molecular formula is C8H15F3N2O2. The summed E-state index contributed by atoms with van der Waals surface area (Å²) in [6.45, 7) is 0.507. The zero-order valence-corrected chi connectivity index (χ0v) is 8.40. The highest BCUT2D eigenvalue weighted by Gasteiger charge is 2.27. The first kappa shape index (κ1) is 14.0. The van der Waals surface area contributed by atoms with Gasteiger partial charge in [0.25, 0.3) is 0 Å². The van der Waals surface area contributed by atoms with Crippen molar-refractivity contribution in [3.63, 3.8) is 0 Å². The Balaban J connectivity index is 3.42. The van der Waals surface area contributed by atoms with E-state index in [1.165, 1.54) is 0 Å². The number of halogens is 3. The first-order valence-electron chi connectivity index (χ1n) is 4.58. The number of amides is 2. The van der Waals surface area contributed by atoms with E-state index >= 15 is 0 Å². The van der Waals surface area contributed by atoms with Crippen molar-refractivity contribution >= 4 is 6.03 Å². The number of carbonyl (C=O) groups is 1. The van der Waals surface area contributed by atoms with Gasteiger partial charge in [0.2, 0.25) is 0 Å². The summed E-state index contributed by atoms with van der Waals surface area (Å²) in [5, 5.41) is 12.8. The van der Waals surface area contributed by atoms with Crippen LogP contribution in [0, 0.1) is 0 Å². The van der Waals surface area contributed by atoms with Crippen LogP contribution in [0.5, 0.6) is 0 Å². The van der Waals surface area contributed by atoms with E-state index in [0.717, 1.165) is 0 Å². The maximum Gasteiger partial charge on any atom is 0.405 e. The van der Waals surface area contributed by atoms with Crippen LogP contribution in [-0.2, 0) is 0 Å². The molecule has 0 aromatic rings. The number of hydrogen-bond donors (Lipinski definition) is 3. The van der Waals surface area contributed by atoms with Crippen molar-refractivity contribution in [2.24, 2.45) is 0 Å². The van der Waals surface area contributed by atoms with Crippen molar-refractivity contribution in [1.29, 1.82) is 0 Å². The molecule has 0 bridgehead atoms. The fraction of sp³-hybridized carbons (Fsp3) is 0.875. The average molecular weight is 228 g/mol. The van der Waals surface area contributed by atoms with Gasteiger partial charge in [0.15, 0.2) is 0 Å². The summed E-state index contributed by atoms with van der Waals surface area (Å²) < 4.78 is 34.9. The zero-order valence-electron chi connectivity index (χ0n) is 8.40. The third kappa shape index (κ3) is 10.9. The molecule has 15 heavy (non-hydrogen) atoms. The van der Waals surface area contributed by atoms with E-state index < -0.39 is 24.9 Å². The van der Waals surface area contributed by atoms with E-state index in [-0.39, 0.29) is 6.54 Å². The van der Waals surface area contributed by atoms with Gasteiger partial charge in [-0.2, -0.15) is 13.2 Å². The van der Waals surface area contributed by atoms with E-state index in [0.29, 0.717) is 12.8 Å². The van der Waals surface area contributed by atoms with Crippen LogP contribution in [0.4, 0.5) is 18.0 Å². The van der Waals surface area contributed by atoms with Crippen molar-refractivity contribution < 1.29 is 23.1 Å². The van der Waals surface area contributed by atoms with Crippen LogP contribution in [-0.4, -0.2) is 36.5 Å². The van der Waals surface area contributed by atoms with E-state index in [9.17, 15) is 18.0 Å². The van der Waals surface area contributed by atoms with Gasteiger partial charge in [0, 0.05) is 6.54 Å². The van der Waals surface area contributed by atoms with Crippen molar-refractivity contribution in [2.45, 2.75) is 32.0 Å². The zero-order chi connectivity index (χ0) is 11.9. The summed E-state index contributed by atoms with van der Waals surface area (Å²) in [4.78, 5) is 10.7. The van der Waals surface area contributed by atoms with Crippen LogP contribution in [0.25, 0.3) is 0 Å². The van der Waals surface area contributed by atoms with Gasteiger partial charge in [-0.3, -0.25) is 0 Å². The van der Waals surface area contributed by atoms with Gasteiger partial charge in [0.05, 0.1) is 6.10 Å². The molecule has 0 aromatic carbocycles. The highest BCUT2D eigenvalue weighted by Crippen LogP contribution is 2.11. The van der Waals surface area contributed by atoms with Crippen molar-refractivity contribution in [2.75, 3.05) is 13.1 Å². The molecule has 0 saturated carbocycles. The summed E-state index contributed by atoms with van der Waals surface area (Å²) in [7, 11) is 0. The van der Waals surface area contributed by atoms with Gasteiger partial charge in [-0.05, 0) is 19.8 Å². The molecule has 0 aromatic heterocycles. The smallest absolute Gasteiger partial charge is 0.393 e. The topological polar surface area (TPSA) is 61.4 Å². The number of hydrogen-bond acceptors (Lipinski definition) is 2. The molecule has 1 atom stereocenters. The monoisotopic (exact) mass is 228 g/mol. The number of rotatable bonds is 5. The molecule has 0 spiro atoms. The molecule has 90 valence electrons. The van der Waals surface area contributed by atoms with Gasteiger partial charge in [-0.1, -0.05) is 0 Å². The standard InChI is InChI=1S/C8H15F3N2O2/c1-6(14)3-2-4-12-7(15)13-5-8(9,10)11/h6,14H,2-5H2,1H3,(H2,12,13,15). The lowest BCUT2D eigenvalue weighted by Gasteiger charge is -2.10. The maximum atomic E-state index is 11.6. The third-order valence-electron chi connectivity index (χ3n) is 1.53. The number of alkyl halides is 3. The summed E-state index contributed by atoms with van der Waals surface area (Å²) in [5.74, 6) is 0. The van der Waals surface area contributed by atoms with Crippen LogP contribution < -0.4 is 10.6 Å². The Morgan fingerprint density at radius 2 is 2.00 bits per heavy atom. The fourth-order valence-electron chi connectivity index (χ4n) is 0.842. The van der Waals surface area contributed by atoms with Crippen LogP contribution in [0.2, 0.25) is 0 Å². The SMILES string of the molecule is CC(O)CCCNC(=O)NCC(F)(F)F. The molecule has 0 aliphatic heterocycles. The largest absolute Gasteiger partial charge is 0.405 e. The lowest BCUT2D eigenvalue weighted by Crippen LogP contribution is -2.41. The predicted molar refractivity (Wildman–Crippen MR) is 48.4 cm³/mol. The van der Waals surface area contributed by atoms with Crippen molar-refractivity contribution in [3.05, 3.63) is 0 Å². The van der Waals surface area contributed by atoms with Gasteiger partial charge >= 0.3 is 12.2 Å². The molecule has 0 aliphatic rings. The van der Waals surface area contributed by atoms with E-state index in [1.54, 1.807) is 12.2 Å². The summed E-state index contributed by atoms with van der Waals surface area (Å²) >= 11 is 0. The Hall–Kier alpha value is -0.980. The molecule has 0 rings (SSSR count). The molecule has 1 unspecified atom stereocenters. The average Bonchev–Trinajstić information content (AvgIpc) is 2.07. The number of nitrogens with one attached hydrogen (secondary N) is 2. The Morgan fingerprint density at radius 1 is 1.40 bits per heavy atom. The molecule has 7 heteroatoms. The molecule has 0 saturated heterocycles. The second-order valence-corrected chi connectivity index (χ2v) is 3.22. The number of carbonyl (C=O) groups excluding carboxylic acids is 1. The van der Waals surface area contributed by atoms with Crippen LogP contribution >= 0.6 is 0 Å². The Bertz CT molecular complexity index is 195. The number of aliphatic hydroxyl groups is 1. The molecule has 0 radical (unpaired) electrons. The second kappa shape index (κ2) is 6.49. The summed E-state index contributed by atoms with van der Waals surface area (Å²) in [6.07, 6.45) is -3.84. The van der Waals surface area contributed by atoms with Crippen LogP contribution in [0.1, 0.15) is 19.8 Å². The molecule has 2 amide bonds. The molecule has 4 nitrogen and oxygen atoms in total. The van der Waals surface area contributed by atoms with E-state index in [1.807, 2.05) is 0 Å². The minimum absolute atomic E-state index is 0.245. The second-order valence-electron chi connectivity index (χ2n) is 3.22. The normalized spacial score (nSPS) is 13.4. The van der Waals surface area contributed by atoms with Gasteiger partial charge < -0.3 is 15.7 Å². The number of aliphatic hydroxyl groups excluding tert-OH is 1. The minimum atomic E-state index is -4.39. The minimum Gasteiger partial charge on any atom is -0.393 e. The highest BCUT2D eigenvalue weighted by atomic mass is 19.4. The quantitative estimate of drug-likeness (QED) is 0.615. The highest BCUT2D eigenvalue weighted by molar-refractivity contribution is 5.73. The lowest BCUT2D eigenvalue weighted by atomic mass is 10.2.